The molecule has 1 heterocycles. The maximum Gasteiger partial charge on any atom is 0.306 e. The average molecular weight is 361 g/mol. The monoisotopic (exact) mass is 361 g/mol. The first-order valence-corrected chi connectivity index (χ1v) is 9.62. The first-order valence-electron chi connectivity index (χ1n) is 9.62. The van der Waals surface area contributed by atoms with Gasteiger partial charge in [0.05, 0.1) is 11.6 Å². The molecule has 2 aliphatic carbocycles. The second-order valence-corrected chi connectivity index (χ2v) is 7.53. The molecule has 0 unspecified atom stereocenters. The Bertz CT molecular complexity index is 720. The lowest BCUT2D eigenvalue weighted by molar-refractivity contribution is -0.143. The zero-order chi connectivity index (χ0) is 18.5. The van der Waals surface area contributed by atoms with Crippen LogP contribution in [0.15, 0.2) is 10.9 Å². The van der Waals surface area contributed by atoms with Crippen molar-refractivity contribution in [3.63, 3.8) is 0 Å². The van der Waals surface area contributed by atoms with Crippen LogP contribution in [0.1, 0.15) is 56.2 Å². The molecule has 2 N–H and O–H groups in total. The predicted molar refractivity (Wildman–Crippen MR) is 95.8 cm³/mol. The highest BCUT2D eigenvalue weighted by atomic mass is 16.4. The third kappa shape index (κ3) is 4.71. The fourth-order valence-corrected chi connectivity index (χ4v) is 3.95. The Balaban J connectivity index is 1.52. The second kappa shape index (κ2) is 8.47. The zero-order valence-corrected chi connectivity index (χ0v) is 15.1. The van der Waals surface area contributed by atoms with Crippen molar-refractivity contribution < 1.29 is 14.7 Å². The molecule has 1 fully saturated rings. The molecule has 3 rings (SSSR count). The van der Waals surface area contributed by atoms with E-state index in [4.69, 9.17) is 5.11 Å². The van der Waals surface area contributed by atoms with Crippen LogP contribution in [0.25, 0.3) is 0 Å². The van der Waals surface area contributed by atoms with Crippen LogP contribution < -0.4 is 10.9 Å². The normalized spacial score (nSPS) is 22.9. The van der Waals surface area contributed by atoms with Crippen molar-refractivity contribution >= 4 is 11.9 Å². The molecule has 7 nitrogen and oxygen atoms in total. The highest BCUT2D eigenvalue weighted by Gasteiger charge is 2.26. The van der Waals surface area contributed by atoms with Crippen LogP contribution in [0.2, 0.25) is 0 Å². The highest BCUT2D eigenvalue weighted by Crippen LogP contribution is 2.28. The van der Waals surface area contributed by atoms with Crippen molar-refractivity contribution in [2.24, 2.45) is 11.8 Å². The minimum absolute atomic E-state index is 0.0589. The van der Waals surface area contributed by atoms with Gasteiger partial charge in [0.1, 0.15) is 6.54 Å². The van der Waals surface area contributed by atoms with Gasteiger partial charge in [0, 0.05) is 12.6 Å². The van der Waals surface area contributed by atoms with Gasteiger partial charge in [-0.2, -0.15) is 5.10 Å². The first kappa shape index (κ1) is 18.6. The molecule has 2 aliphatic rings. The summed E-state index contributed by atoms with van der Waals surface area (Å²) in [6.45, 7) is 0.474. The number of aromatic nitrogens is 2. The van der Waals surface area contributed by atoms with Crippen molar-refractivity contribution in [1.82, 2.24) is 15.1 Å². The lowest BCUT2D eigenvalue weighted by Crippen LogP contribution is -2.37. The van der Waals surface area contributed by atoms with Gasteiger partial charge in [0.2, 0.25) is 5.91 Å². The van der Waals surface area contributed by atoms with E-state index in [0.29, 0.717) is 25.3 Å². The summed E-state index contributed by atoms with van der Waals surface area (Å²) in [7, 11) is 0. The standard InChI is InChI=1S/C19H27N3O4/c23-17(20-11-13-6-8-14(9-7-13)19(25)26)12-22-18(24)10-15-4-2-1-3-5-16(15)21-22/h10,13-14H,1-9,11-12H2,(H,20,23)(H,25,26). The number of nitrogens with one attached hydrogen (secondary N) is 1. The Kier molecular flexibility index (Phi) is 6.06. The van der Waals surface area contributed by atoms with Crippen molar-refractivity contribution in [1.29, 1.82) is 0 Å². The molecule has 7 heteroatoms. The Morgan fingerprint density at radius 3 is 2.62 bits per heavy atom. The number of aryl methyl sites for hydroxylation is 2. The number of amides is 1. The molecule has 1 aromatic heterocycles. The maximum atomic E-state index is 12.2. The summed E-state index contributed by atoms with van der Waals surface area (Å²) in [6.07, 6.45) is 8.03. The average Bonchev–Trinajstić information content (AvgIpc) is 2.85. The number of hydrogen-bond acceptors (Lipinski definition) is 4. The molecule has 0 bridgehead atoms. The molecular formula is C19H27N3O4. The van der Waals surface area contributed by atoms with Gasteiger partial charge in [-0.25, -0.2) is 4.68 Å². The molecular weight excluding hydrogens is 334 g/mol. The van der Waals surface area contributed by atoms with E-state index >= 15 is 0 Å². The minimum atomic E-state index is -0.721. The summed E-state index contributed by atoms with van der Waals surface area (Å²) >= 11 is 0. The molecule has 0 aliphatic heterocycles. The molecule has 0 saturated heterocycles. The minimum Gasteiger partial charge on any atom is -0.481 e. The number of nitrogens with zero attached hydrogens (tertiary/aromatic N) is 2. The van der Waals surface area contributed by atoms with Crippen LogP contribution in [-0.2, 0) is 29.0 Å². The Labute approximate surface area is 152 Å². The molecule has 1 aromatic rings. The smallest absolute Gasteiger partial charge is 0.306 e. The number of rotatable bonds is 5. The molecule has 1 saturated carbocycles. The Hall–Kier alpha value is -2.18. The van der Waals surface area contributed by atoms with Crippen molar-refractivity contribution in [2.45, 2.75) is 64.3 Å². The SMILES string of the molecule is O=C(Cn1nc2c(cc1=O)CCCCC2)NCC1CCC(C(=O)O)CC1. The zero-order valence-electron chi connectivity index (χ0n) is 15.1. The summed E-state index contributed by atoms with van der Waals surface area (Å²) in [5.74, 6) is -0.870. The summed E-state index contributed by atoms with van der Waals surface area (Å²) in [5, 5.41) is 16.3. The third-order valence-electron chi connectivity index (χ3n) is 5.60. The molecule has 1 amide bonds. The van der Waals surface area contributed by atoms with Crippen molar-refractivity contribution in [3.8, 4) is 0 Å². The van der Waals surface area contributed by atoms with Crippen molar-refractivity contribution in [2.75, 3.05) is 6.54 Å². The maximum absolute atomic E-state index is 12.2. The molecule has 0 atom stereocenters. The first-order chi connectivity index (χ1) is 12.5. The lowest BCUT2D eigenvalue weighted by Gasteiger charge is -2.26. The van der Waals surface area contributed by atoms with E-state index in [1.54, 1.807) is 6.07 Å². The van der Waals surface area contributed by atoms with E-state index in [1.165, 1.54) is 4.68 Å². The number of carbonyl (C=O) groups is 2. The summed E-state index contributed by atoms with van der Waals surface area (Å²) in [5.41, 5.74) is 1.75. The summed E-state index contributed by atoms with van der Waals surface area (Å²) in [4.78, 5) is 35.4. The van der Waals surface area contributed by atoms with Crippen molar-refractivity contribution in [3.05, 3.63) is 27.7 Å². The largest absolute Gasteiger partial charge is 0.481 e. The molecule has 0 spiro atoms. The van der Waals surface area contributed by atoms with E-state index in [0.717, 1.165) is 56.2 Å². The second-order valence-electron chi connectivity index (χ2n) is 7.53. The van der Waals surface area contributed by atoms with Gasteiger partial charge in [-0.3, -0.25) is 14.4 Å². The van der Waals surface area contributed by atoms with Gasteiger partial charge >= 0.3 is 5.97 Å². The number of carbonyl (C=O) groups excluding carboxylic acids is 1. The van der Waals surface area contributed by atoms with E-state index in [9.17, 15) is 14.4 Å². The molecule has 26 heavy (non-hydrogen) atoms. The Morgan fingerprint density at radius 1 is 1.15 bits per heavy atom. The summed E-state index contributed by atoms with van der Waals surface area (Å²) < 4.78 is 1.26. The Morgan fingerprint density at radius 2 is 1.88 bits per heavy atom. The number of carboxylic acids is 1. The van der Waals surface area contributed by atoms with Crippen LogP contribution in [0.5, 0.6) is 0 Å². The fraction of sp³-hybridized carbons (Fsp3) is 0.684. The quantitative estimate of drug-likeness (QED) is 0.774. The summed E-state index contributed by atoms with van der Waals surface area (Å²) in [6, 6.07) is 1.63. The van der Waals surface area contributed by atoms with Gasteiger partial charge in [0.15, 0.2) is 0 Å². The predicted octanol–water partition coefficient (Wildman–Crippen LogP) is 1.52. The van der Waals surface area contributed by atoms with Gasteiger partial charge < -0.3 is 10.4 Å². The van der Waals surface area contributed by atoms with Crippen LogP contribution in [0.3, 0.4) is 0 Å². The fourth-order valence-electron chi connectivity index (χ4n) is 3.95. The highest BCUT2D eigenvalue weighted by molar-refractivity contribution is 5.75. The molecule has 0 aromatic carbocycles. The number of carboxylic acid groups (broad SMARTS) is 1. The lowest BCUT2D eigenvalue weighted by atomic mass is 9.82. The van der Waals surface area contributed by atoms with Crippen LogP contribution in [-0.4, -0.2) is 33.3 Å². The van der Waals surface area contributed by atoms with E-state index in [1.807, 2.05) is 0 Å². The van der Waals surface area contributed by atoms with Crippen LogP contribution in [0.4, 0.5) is 0 Å². The number of fused-ring (bicyclic) bond motifs is 1. The third-order valence-corrected chi connectivity index (χ3v) is 5.60. The van der Waals surface area contributed by atoms with Gasteiger partial charge in [-0.1, -0.05) is 6.42 Å². The van der Waals surface area contributed by atoms with Gasteiger partial charge in [-0.15, -0.1) is 0 Å². The van der Waals surface area contributed by atoms with Gasteiger partial charge in [-0.05, 0) is 62.8 Å². The molecule has 142 valence electrons. The van der Waals surface area contributed by atoms with Crippen LogP contribution >= 0.6 is 0 Å². The number of aliphatic carboxylic acids is 1. The van der Waals surface area contributed by atoms with E-state index in [2.05, 4.69) is 10.4 Å². The number of hydrogen-bond donors (Lipinski definition) is 2. The van der Waals surface area contributed by atoms with E-state index in [-0.39, 0.29) is 23.9 Å². The van der Waals surface area contributed by atoms with Crippen LogP contribution in [0, 0.1) is 11.8 Å². The molecule has 0 radical (unpaired) electrons. The van der Waals surface area contributed by atoms with Gasteiger partial charge in [0.25, 0.3) is 5.56 Å². The topological polar surface area (TPSA) is 101 Å². The van der Waals surface area contributed by atoms with E-state index < -0.39 is 5.97 Å².